The summed E-state index contributed by atoms with van der Waals surface area (Å²) in [5.74, 6) is 0. The van der Waals surface area contributed by atoms with Gasteiger partial charge in [-0.25, -0.2) is 4.79 Å². The standard InChI is InChI=1S/C25H35BN2O4/c1-23(2,3)30-22(29)28-13-9-12-21(28)20-15-18(16-27-20)17-10-8-11-19(14-17)26-31-24(4,5)25(6,7)32-26/h8,10-11,14,16,21H,9,12-13,15H2,1-7H3/t21-/m0/s1. The average Bonchev–Trinajstić information content (AvgIpc) is 3.38. The Labute approximate surface area is 192 Å². The third kappa shape index (κ3) is 4.51. The van der Waals surface area contributed by atoms with E-state index in [0.717, 1.165) is 41.6 Å². The van der Waals surface area contributed by atoms with Crippen molar-refractivity contribution in [2.75, 3.05) is 6.54 Å². The fourth-order valence-corrected chi connectivity index (χ4v) is 4.34. The Hall–Kier alpha value is -2.12. The molecule has 7 heteroatoms. The Morgan fingerprint density at radius 2 is 1.88 bits per heavy atom. The molecule has 0 saturated carbocycles. The van der Waals surface area contributed by atoms with Crippen molar-refractivity contribution >= 4 is 30.0 Å². The number of rotatable bonds is 3. The zero-order chi connectivity index (χ0) is 23.3. The first-order chi connectivity index (χ1) is 14.9. The van der Waals surface area contributed by atoms with Crippen molar-refractivity contribution in [3.05, 3.63) is 36.0 Å². The van der Waals surface area contributed by atoms with Crippen LogP contribution in [0.5, 0.6) is 0 Å². The van der Waals surface area contributed by atoms with Crippen LogP contribution in [0.2, 0.25) is 0 Å². The van der Waals surface area contributed by atoms with Gasteiger partial charge < -0.3 is 14.0 Å². The highest BCUT2D eigenvalue weighted by Gasteiger charge is 2.51. The minimum atomic E-state index is -0.501. The van der Waals surface area contributed by atoms with Crippen LogP contribution in [0.4, 0.5) is 4.79 Å². The van der Waals surface area contributed by atoms with Gasteiger partial charge in [-0.1, -0.05) is 24.3 Å². The van der Waals surface area contributed by atoms with Crippen molar-refractivity contribution in [3.8, 4) is 0 Å². The number of aliphatic imine (C=N–C) groups is 1. The van der Waals surface area contributed by atoms with E-state index < -0.39 is 5.60 Å². The van der Waals surface area contributed by atoms with Crippen molar-refractivity contribution in [2.45, 2.75) is 90.6 Å². The quantitative estimate of drug-likeness (QED) is 0.649. The van der Waals surface area contributed by atoms with Crippen molar-refractivity contribution in [2.24, 2.45) is 4.99 Å². The van der Waals surface area contributed by atoms with E-state index in [1.807, 2.05) is 44.0 Å². The molecule has 32 heavy (non-hydrogen) atoms. The molecule has 3 heterocycles. The van der Waals surface area contributed by atoms with Crippen molar-refractivity contribution in [3.63, 3.8) is 0 Å². The second-order valence-electron chi connectivity index (χ2n) is 11.0. The highest BCUT2D eigenvalue weighted by Crippen LogP contribution is 2.37. The van der Waals surface area contributed by atoms with Crippen LogP contribution in [-0.4, -0.2) is 53.2 Å². The molecule has 2 saturated heterocycles. The molecule has 0 bridgehead atoms. The van der Waals surface area contributed by atoms with Crippen LogP contribution in [0.15, 0.2) is 35.5 Å². The first-order valence-corrected chi connectivity index (χ1v) is 11.6. The Kier molecular flexibility index (Phi) is 5.79. The molecule has 1 aromatic rings. The number of benzene rings is 1. The van der Waals surface area contributed by atoms with Crippen molar-refractivity contribution in [1.29, 1.82) is 0 Å². The lowest BCUT2D eigenvalue weighted by Crippen LogP contribution is -2.43. The minimum absolute atomic E-state index is 0.00452. The SMILES string of the molecule is CC(C)(C)OC(=O)N1CCC[C@H]1C1=NC=C(c2cccc(B3OC(C)(C)C(C)(C)O3)c2)C1. The maximum atomic E-state index is 12.7. The maximum absolute atomic E-state index is 12.7. The predicted molar refractivity (Wildman–Crippen MR) is 128 cm³/mol. The second-order valence-corrected chi connectivity index (χ2v) is 11.0. The van der Waals surface area contributed by atoms with Crippen LogP contribution in [0.25, 0.3) is 5.57 Å². The highest BCUT2D eigenvalue weighted by molar-refractivity contribution is 6.62. The van der Waals surface area contributed by atoms with Crippen LogP contribution < -0.4 is 5.46 Å². The molecule has 1 amide bonds. The average molecular weight is 438 g/mol. The van der Waals surface area contributed by atoms with Gasteiger partial charge >= 0.3 is 13.2 Å². The summed E-state index contributed by atoms with van der Waals surface area (Å²) in [5, 5.41) is 0. The van der Waals surface area contributed by atoms with Gasteiger partial charge in [0.05, 0.1) is 17.2 Å². The van der Waals surface area contributed by atoms with Crippen LogP contribution in [-0.2, 0) is 14.0 Å². The highest BCUT2D eigenvalue weighted by atomic mass is 16.7. The normalized spacial score (nSPS) is 24.5. The third-order valence-corrected chi connectivity index (χ3v) is 6.81. The molecular weight excluding hydrogens is 403 g/mol. The molecule has 4 rings (SSSR count). The van der Waals surface area contributed by atoms with E-state index in [4.69, 9.17) is 19.0 Å². The maximum Gasteiger partial charge on any atom is 0.494 e. The molecule has 172 valence electrons. The Bertz CT molecular complexity index is 945. The minimum Gasteiger partial charge on any atom is -0.444 e. The number of carbonyl (C=O) groups is 1. The number of ether oxygens (including phenoxy) is 1. The van der Waals surface area contributed by atoms with Crippen LogP contribution in [0.1, 0.15) is 73.3 Å². The lowest BCUT2D eigenvalue weighted by atomic mass is 9.78. The Balaban J connectivity index is 1.45. The summed E-state index contributed by atoms with van der Waals surface area (Å²) >= 11 is 0. The van der Waals surface area contributed by atoms with Gasteiger partial charge in [-0.15, -0.1) is 0 Å². The molecule has 1 atom stereocenters. The third-order valence-electron chi connectivity index (χ3n) is 6.81. The van der Waals surface area contributed by atoms with Crippen LogP contribution in [0, 0.1) is 0 Å². The number of hydrogen-bond acceptors (Lipinski definition) is 5. The van der Waals surface area contributed by atoms with Gasteiger partial charge in [-0.3, -0.25) is 9.89 Å². The summed E-state index contributed by atoms with van der Waals surface area (Å²) in [6.07, 6.45) is 4.31. The Morgan fingerprint density at radius 3 is 2.53 bits per heavy atom. The molecule has 3 aliphatic heterocycles. The molecule has 6 nitrogen and oxygen atoms in total. The molecule has 2 fully saturated rings. The number of allylic oxidation sites excluding steroid dienone is 1. The summed E-state index contributed by atoms with van der Waals surface area (Å²) in [4.78, 5) is 19.2. The van der Waals surface area contributed by atoms with Gasteiger partial charge in [0, 0.05) is 24.9 Å². The molecule has 0 aromatic heterocycles. The van der Waals surface area contributed by atoms with Gasteiger partial charge in [-0.2, -0.15) is 0 Å². The summed E-state index contributed by atoms with van der Waals surface area (Å²) in [5.41, 5.74) is 3.05. The topological polar surface area (TPSA) is 60.4 Å². The molecule has 0 unspecified atom stereocenters. The predicted octanol–water partition coefficient (Wildman–Crippen LogP) is 4.57. The van der Waals surface area contributed by atoms with E-state index >= 15 is 0 Å². The molecule has 0 aliphatic carbocycles. The van der Waals surface area contributed by atoms with E-state index in [1.165, 1.54) is 0 Å². The van der Waals surface area contributed by atoms with Gasteiger partial charge in [-0.05, 0) is 77.9 Å². The zero-order valence-corrected chi connectivity index (χ0v) is 20.4. The summed E-state index contributed by atoms with van der Waals surface area (Å²) < 4.78 is 18.1. The van der Waals surface area contributed by atoms with Crippen molar-refractivity contribution in [1.82, 2.24) is 4.90 Å². The molecule has 1 aromatic carbocycles. The van der Waals surface area contributed by atoms with E-state index in [0.29, 0.717) is 6.54 Å². The second kappa shape index (κ2) is 8.03. The Morgan fingerprint density at radius 1 is 1.19 bits per heavy atom. The van der Waals surface area contributed by atoms with Crippen LogP contribution in [0.3, 0.4) is 0 Å². The summed E-state index contributed by atoms with van der Waals surface area (Å²) in [6, 6.07) is 8.32. The number of nitrogens with zero attached hydrogens (tertiary/aromatic N) is 2. The zero-order valence-electron chi connectivity index (χ0n) is 20.4. The number of amides is 1. The van der Waals surface area contributed by atoms with Gasteiger partial charge in [0.15, 0.2) is 0 Å². The largest absolute Gasteiger partial charge is 0.494 e. The van der Waals surface area contributed by atoms with E-state index in [2.05, 4.69) is 39.8 Å². The molecule has 0 N–H and O–H groups in total. The number of carbonyl (C=O) groups excluding carboxylic acids is 1. The summed E-state index contributed by atoms with van der Waals surface area (Å²) in [6.45, 7) is 14.7. The molecule has 0 radical (unpaired) electrons. The van der Waals surface area contributed by atoms with E-state index in [9.17, 15) is 4.79 Å². The molecular formula is C25H35BN2O4. The monoisotopic (exact) mass is 438 g/mol. The van der Waals surface area contributed by atoms with Crippen molar-refractivity contribution < 1.29 is 18.8 Å². The number of hydrogen-bond donors (Lipinski definition) is 0. The van der Waals surface area contributed by atoms with E-state index in [-0.39, 0.29) is 30.5 Å². The van der Waals surface area contributed by atoms with Crippen LogP contribution >= 0.6 is 0 Å². The lowest BCUT2D eigenvalue weighted by molar-refractivity contribution is 0.00578. The molecule has 3 aliphatic rings. The first kappa shape index (κ1) is 23.1. The van der Waals surface area contributed by atoms with Gasteiger partial charge in [0.25, 0.3) is 0 Å². The molecule has 0 spiro atoms. The van der Waals surface area contributed by atoms with Gasteiger partial charge in [0.1, 0.15) is 5.60 Å². The fourth-order valence-electron chi connectivity index (χ4n) is 4.34. The summed E-state index contributed by atoms with van der Waals surface area (Å²) in [7, 11) is -0.389. The lowest BCUT2D eigenvalue weighted by Gasteiger charge is -2.32. The van der Waals surface area contributed by atoms with E-state index in [1.54, 1.807) is 0 Å². The number of likely N-dealkylation sites (tertiary alicyclic amines) is 1. The smallest absolute Gasteiger partial charge is 0.444 e. The fraction of sp³-hybridized carbons (Fsp3) is 0.600. The van der Waals surface area contributed by atoms with Gasteiger partial charge in [0.2, 0.25) is 0 Å². The first-order valence-electron chi connectivity index (χ1n) is 11.6.